The van der Waals surface area contributed by atoms with Crippen molar-refractivity contribution >= 4 is 22.8 Å². The summed E-state index contributed by atoms with van der Waals surface area (Å²) < 4.78 is 0. The van der Waals surface area contributed by atoms with Crippen molar-refractivity contribution in [2.45, 2.75) is 31.6 Å². The molecule has 2 aromatic carbocycles. The SMILES string of the molecule is CCC(CNC(=O)CCc1c[nH]c2ccccc12)(C(=O)O)c1ccccc1. The number of H-pyrrole nitrogens is 1. The lowest BCUT2D eigenvalue weighted by Crippen LogP contribution is -2.46. The van der Waals surface area contributed by atoms with E-state index in [4.69, 9.17) is 0 Å². The van der Waals surface area contributed by atoms with Gasteiger partial charge in [-0.25, -0.2) is 0 Å². The molecule has 0 radical (unpaired) electrons. The van der Waals surface area contributed by atoms with Crippen LogP contribution in [-0.2, 0) is 21.4 Å². The molecule has 0 saturated heterocycles. The number of rotatable bonds is 8. The van der Waals surface area contributed by atoms with Gasteiger partial charge in [-0.05, 0) is 30.0 Å². The molecule has 0 saturated carbocycles. The molecule has 5 heteroatoms. The predicted molar refractivity (Wildman–Crippen MR) is 106 cm³/mol. The lowest BCUT2D eigenvalue weighted by molar-refractivity contribution is -0.144. The molecular weight excluding hydrogens is 340 g/mol. The number of hydrogen-bond donors (Lipinski definition) is 3. The second kappa shape index (κ2) is 8.08. The molecule has 3 rings (SSSR count). The minimum Gasteiger partial charge on any atom is -0.481 e. The van der Waals surface area contributed by atoms with Gasteiger partial charge in [0, 0.05) is 30.1 Å². The van der Waals surface area contributed by atoms with Crippen molar-refractivity contribution in [3.8, 4) is 0 Å². The van der Waals surface area contributed by atoms with Gasteiger partial charge in [-0.1, -0.05) is 55.5 Å². The number of aromatic amines is 1. The maximum absolute atomic E-state index is 12.4. The fraction of sp³-hybridized carbons (Fsp3) is 0.273. The van der Waals surface area contributed by atoms with Crippen LogP contribution in [-0.4, -0.2) is 28.5 Å². The summed E-state index contributed by atoms with van der Waals surface area (Å²) in [6, 6.07) is 17.1. The Morgan fingerprint density at radius 2 is 1.78 bits per heavy atom. The van der Waals surface area contributed by atoms with E-state index >= 15 is 0 Å². The zero-order valence-corrected chi connectivity index (χ0v) is 15.4. The topological polar surface area (TPSA) is 82.2 Å². The number of carboxylic acid groups (broad SMARTS) is 1. The molecule has 3 aromatic rings. The number of para-hydroxylation sites is 1. The van der Waals surface area contributed by atoms with Crippen molar-refractivity contribution < 1.29 is 14.7 Å². The Kier molecular flexibility index (Phi) is 5.60. The molecule has 27 heavy (non-hydrogen) atoms. The molecular formula is C22H24N2O3. The van der Waals surface area contributed by atoms with Crippen molar-refractivity contribution in [2.75, 3.05) is 6.54 Å². The first kappa shape index (κ1) is 18.7. The smallest absolute Gasteiger partial charge is 0.315 e. The number of carbonyl (C=O) groups is 2. The van der Waals surface area contributed by atoms with Crippen LogP contribution in [0.5, 0.6) is 0 Å². The van der Waals surface area contributed by atoms with E-state index < -0.39 is 11.4 Å². The summed E-state index contributed by atoms with van der Waals surface area (Å²) in [7, 11) is 0. The van der Waals surface area contributed by atoms with E-state index in [0.29, 0.717) is 24.8 Å². The van der Waals surface area contributed by atoms with E-state index in [1.165, 1.54) is 0 Å². The minimum absolute atomic E-state index is 0.0789. The Balaban J connectivity index is 1.65. The summed E-state index contributed by atoms with van der Waals surface area (Å²) in [5.74, 6) is -1.07. The first-order valence-corrected chi connectivity index (χ1v) is 9.17. The number of benzene rings is 2. The van der Waals surface area contributed by atoms with Crippen LogP contribution < -0.4 is 5.32 Å². The van der Waals surface area contributed by atoms with Crippen LogP contribution in [0, 0.1) is 0 Å². The highest BCUT2D eigenvalue weighted by Gasteiger charge is 2.38. The number of nitrogens with one attached hydrogen (secondary N) is 2. The van der Waals surface area contributed by atoms with E-state index in [2.05, 4.69) is 10.3 Å². The maximum Gasteiger partial charge on any atom is 0.315 e. The number of fused-ring (bicyclic) bond motifs is 1. The van der Waals surface area contributed by atoms with E-state index in [0.717, 1.165) is 16.5 Å². The van der Waals surface area contributed by atoms with Crippen LogP contribution >= 0.6 is 0 Å². The summed E-state index contributed by atoms with van der Waals surface area (Å²) in [6.07, 6.45) is 3.24. The average Bonchev–Trinajstić information content (AvgIpc) is 3.11. The fourth-order valence-electron chi connectivity index (χ4n) is 3.46. The molecule has 1 aromatic heterocycles. The monoisotopic (exact) mass is 364 g/mol. The Labute approximate surface area is 158 Å². The Bertz CT molecular complexity index is 933. The molecule has 0 spiro atoms. The number of amides is 1. The van der Waals surface area contributed by atoms with Crippen molar-refractivity contribution in [1.29, 1.82) is 0 Å². The van der Waals surface area contributed by atoms with Gasteiger partial charge in [0.25, 0.3) is 0 Å². The molecule has 5 nitrogen and oxygen atoms in total. The Morgan fingerprint density at radius 3 is 2.48 bits per heavy atom. The molecule has 3 N–H and O–H groups in total. The molecule has 1 unspecified atom stereocenters. The largest absolute Gasteiger partial charge is 0.481 e. The van der Waals surface area contributed by atoms with Crippen molar-refractivity contribution in [2.24, 2.45) is 0 Å². The summed E-state index contributed by atoms with van der Waals surface area (Å²) in [5.41, 5.74) is 1.73. The van der Waals surface area contributed by atoms with Gasteiger partial charge in [0.1, 0.15) is 5.41 Å². The number of carboxylic acids is 1. The Morgan fingerprint density at radius 1 is 1.07 bits per heavy atom. The summed E-state index contributed by atoms with van der Waals surface area (Å²) in [5, 5.41) is 13.8. The van der Waals surface area contributed by atoms with E-state index in [-0.39, 0.29) is 12.5 Å². The van der Waals surface area contributed by atoms with Gasteiger partial charge in [-0.15, -0.1) is 0 Å². The van der Waals surface area contributed by atoms with Gasteiger partial charge < -0.3 is 15.4 Å². The van der Waals surface area contributed by atoms with Crippen molar-refractivity contribution in [1.82, 2.24) is 10.3 Å². The van der Waals surface area contributed by atoms with Gasteiger partial charge in [0.05, 0.1) is 0 Å². The molecule has 0 aliphatic carbocycles. The van der Waals surface area contributed by atoms with E-state index in [9.17, 15) is 14.7 Å². The zero-order valence-electron chi connectivity index (χ0n) is 15.4. The first-order valence-electron chi connectivity index (χ1n) is 9.17. The standard InChI is InChI=1S/C22H24N2O3/c1-2-22(21(26)27,17-8-4-3-5-9-17)15-24-20(25)13-12-16-14-23-19-11-7-6-10-18(16)19/h3-11,14,23H,2,12-13,15H2,1H3,(H,24,25)(H,26,27). The van der Waals surface area contributed by atoms with Crippen molar-refractivity contribution in [3.05, 3.63) is 71.9 Å². The third kappa shape index (κ3) is 3.87. The summed E-state index contributed by atoms with van der Waals surface area (Å²) in [4.78, 5) is 27.6. The number of carbonyl (C=O) groups excluding carboxylic acids is 1. The second-order valence-corrected chi connectivity index (χ2v) is 6.74. The first-order chi connectivity index (χ1) is 13.1. The van der Waals surface area contributed by atoms with Crippen LogP contribution in [0.2, 0.25) is 0 Å². The number of aryl methyl sites for hydroxylation is 1. The molecule has 0 bridgehead atoms. The normalized spacial score (nSPS) is 13.2. The second-order valence-electron chi connectivity index (χ2n) is 6.74. The van der Waals surface area contributed by atoms with E-state index in [1.54, 1.807) is 12.1 Å². The van der Waals surface area contributed by atoms with Crippen LogP contribution in [0.25, 0.3) is 10.9 Å². The minimum atomic E-state index is -1.11. The van der Waals surface area contributed by atoms with Crippen LogP contribution in [0.3, 0.4) is 0 Å². The lowest BCUT2D eigenvalue weighted by atomic mass is 9.78. The highest BCUT2D eigenvalue weighted by molar-refractivity contribution is 5.85. The Hall–Kier alpha value is -3.08. The quantitative estimate of drug-likeness (QED) is 0.571. The molecule has 1 atom stereocenters. The molecule has 0 aliphatic heterocycles. The predicted octanol–water partition coefficient (Wildman–Crippen LogP) is 3.65. The average molecular weight is 364 g/mol. The fourth-order valence-corrected chi connectivity index (χ4v) is 3.46. The number of hydrogen-bond acceptors (Lipinski definition) is 2. The van der Waals surface area contributed by atoms with Crippen LogP contribution in [0.4, 0.5) is 0 Å². The van der Waals surface area contributed by atoms with Gasteiger partial charge in [0.15, 0.2) is 0 Å². The van der Waals surface area contributed by atoms with Gasteiger partial charge in [-0.2, -0.15) is 0 Å². The maximum atomic E-state index is 12.4. The summed E-state index contributed by atoms with van der Waals surface area (Å²) >= 11 is 0. The molecule has 0 fully saturated rings. The highest BCUT2D eigenvalue weighted by atomic mass is 16.4. The number of aromatic nitrogens is 1. The van der Waals surface area contributed by atoms with Gasteiger partial charge in [0.2, 0.25) is 5.91 Å². The molecule has 0 aliphatic rings. The third-order valence-corrected chi connectivity index (χ3v) is 5.22. The summed E-state index contributed by atoms with van der Waals surface area (Å²) in [6.45, 7) is 1.91. The highest BCUT2D eigenvalue weighted by Crippen LogP contribution is 2.28. The third-order valence-electron chi connectivity index (χ3n) is 5.22. The van der Waals surface area contributed by atoms with Crippen LogP contribution in [0.15, 0.2) is 60.8 Å². The molecule has 140 valence electrons. The molecule has 1 amide bonds. The lowest BCUT2D eigenvalue weighted by Gasteiger charge is -2.29. The van der Waals surface area contributed by atoms with Crippen LogP contribution in [0.1, 0.15) is 30.9 Å². The van der Waals surface area contributed by atoms with Gasteiger partial charge >= 0.3 is 5.97 Å². The van der Waals surface area contributed by atoms with Crippen molar-refractivity contribution in [3.63, 3.8) is 0 Å². The molecule has 1 heterocycles. The zero-order chi connectivity index (χ0) is 19.3. The number of aliphatic carboxylic acids is 1. The van der Waals surface area contributed by atoms with Gasteiger partial charge in [-0.3, -0.25) is 9.59 Å². The van der Waals surface area contributed by atoms with E-state index in [1.807, 2.05) is 55.6 Å².